The quantitative estimate of drug-likeness (QED) is 0.884. The molecule has 0 spiro atoms. The molecule has 0 aromatic heterocycles. The topological polar surface area (TPSA) is 21.3 Å². The normalized spacial score (nSPS) is 20.5. The zero-order valence-corrected chi connectivity index (χ0v) is 9.81. The molecule has 0 aliphatic carbocycles. The Hall–Kier alpha value is -0.440. The van der Waals surface area contributed by atoms with Crippen LogP contribution in [0.1, 0.15) is 12.8 Å². The summed E-state index contributed by atoms with van der Waals surface area (Å²) in [7, 11) is 0. The van der Waals surface area contributed by atoms with Gasteiger partial charge in [0.25, 0.3) is 0 Å². The molecule has 0 saturated carbocycles. The molecule has 1 N–H and O–H groups in total. The van der Waals surface area contributed by atoms with Crippen molar-refractivity contribution in [3.8, 4) is 5.75 Å². The van der Waals surface area contributed by atoms with E-state index in [0.717, 1.165) is 13.0 Å². The third-order valence-corrected chi connectivity index (χ3v) is 3.32. The van der Waals surface area contributed by atoms with E-state index in [9.17, 15) is 0 Å². The van der Waals surface area contributed by atoms with Gasteiger partial charge in [-0.2, -0.15) is 0 Å². The molecule has 1 aliphatic rings. The van der Waals surface area contributed by atoms with Crippen molar-refractivity contribution in [2.75, 3.05) is 13.2 Å². The molecule has 1 fully saturated rings. The molecule has 0 bridgehead atoms. The second kappa shape index (κ2) is 5.06. The highest BCUT2D eigenvalue weighted by Crippen LogP contribution is 2.31. The Kier molecular flexibility index (Phi) is 3.73. The molecule has 1 saturated heterocycles. The number of nitrogens with one attached hydrogen (secondary N) is 1. The number of halogens is 2. The molecule has 82 valence electrons. The van der Waals surface area contributed by atoms with Gasteiger partial charge in [0.15, 0.2) is 0 Å². The standard InChI is InChI=1S/C11H13Cl2NO/c12-9-4-1-5-10(11(9)13)15-7-8-3-2-6-14-8/h1,4-5,8,14H,2-3,6-7H2. The van der Waals surface area contributed by atoms with E-state index >= 15 is 0 Å². The molecule has 1 atom stereocenters. The Morgan fingerprint density at radius 1 is 1.40 bits per heavy atom. The summed E-state index contributed by atoms with van der Waals surface area (Å²) in [5.74, 6) is 0.665. The van der Waals surface area contributed by atoms with Crippen molar-refractivity contribution in [3.63, 3.8) is 0 Å². The van der Waals surface area contributed by atoms with Gasteiger partial charge < -0.3 is 10.1 Å². The van der Waals surface area contributed by atoms with Crippen LogP contribution in [0.5, 0.6) is 5.75 Å². The van der Waals surface area contributed by atoms with Gasteiger partial charge in [-0.25, -0.2) is 0 Å². The first kappa shape index (κ1) is 11.1. The summed E-state index contributed by atoms with van der Waals surface area (Å²) in [5, 5.41) is 4.39. The van der Waals surface area contributed by atoms with E-state index in [4.69, 9.17) is 27.9 Å². The molecule has 0 amide bonds. The molecule has 2 nitrogen and oxygen atoms in total. The van der Waals surface area contributed by atoms with Crippen LogP contribution in [0.4, 0.5) is 0 Å². The van der Waals surface area contributed by atoms with Gasteiger partial charge in [-0.05, 0) is 31.5 Å². The van der Waals surface area contributed by atoms with Crippen molar-refractivity contribution >= 4 is 23.2 Å². The summed E-state index contributed by atoms with van der Waals surface area (Å²) in [6, 6.07) is 5.87. The van der Waals surface area contributed by atoms with Crippen LogP contribution in [-0.2, 0) is 0 Å². The number of rotatable bonds is 3. The van der Waals surface area contributed by atoms with Gasteiger partial charge >= 0.3 is 0 Å². The number of ether oxygens (including phenoxy) is 1. The molecule has 1 aromatic carbocycles. The fourth-order valence-corrected chi connectivity index (χ4v) is 2.03. The number of hydrogen-bond donors (Lipinski definition) is 1. The Labute approximate surface area is 99.5 Å². The van der Waals surface area contributed by atoms with E-state index in [1.807, 2.05) is 12.1 Å². The lowest BCUT2D eigenvalue weighted by molar-refractivity contribution is 0.277. The van der Waals surface area contributed by atoms with Gasteiger partial charge in [0.2, 0.25) is 0 Å². The van der Waals surface area contributed by atoms with Crippen LogP contribution in [0.15, 0.2) is 18.2 Å². The average molecular weight is 246 g/mol. The van der Waals surface area contributed by atoms with Crippen molar-refractivity contribution in [2.24, 2.45) is 0 Å². The second-order valence-corrected chi connectivity index (χ2v) is 4.44. The number of hydrogen-bond acceptors (Lipinski definition) is 2. The maximum atomic E-state index is 6.00. The summed E-state index contributed by atoms with van der Waals surface area (Å²) in [6.07, 6.45) is 2.38. The van der Waals surface area contributed by atoms with E-state index in [1.54, 1.807) is 6.07 Å². The third-order valence-electron chi connectivity index (χ3n) is 2.52. The first-order valence-corrected chi connectivity index (χ1v) is 5.83. The highest BCUT2D eigenvalue weighted by molar-refractivity contribution is 6.42. The minimum Gasteiger partial charge on any atom is -0.490 e. The summed E-state index contributed by atoms with van der Waals surface area (Å²) < 4.78 is 5.62. The van der Waals surface area contributed by atoms with E-state index in [2.05, 4.69) is 5.32 Å². The number of benzene rings is 1. The first-order valence-electron chi connectivity index (χ1n) is 5.07. The lowest BCUT2D eigenvalue weighted by Crippen LogP contribution is -2.28. The monoisotopic (exact) mass is 245 g/mol. The van der Waals surface area contributed by atoms with E-state index in [0.29, 0.717) is 28.4 Å². The Morgan fingerprint density at radius 3 is 3.00 bits per heavy atom. The molecular weight excluding hydrogens is 233 g/mol. The minimum atomic E-state index is 0.444. The summed E-state index contributed by atoms with van der Waals surface area (Å²) in [6.45, 7) is 1.73. The average Bonchev–Trinajstić information content (AvgIpc) is 2.73. The fourth-order valence-electron chi connectivity index (χ4n) is 1.68. The molecule has 1 aromatic rings. The second-order valence-electron chi connectivity index (χ2n) is 3.66. The first-order chi connectivity index (χ1) is 7.27. The van der Waals surface area contributed by atoms with Gasteiger partial charge in [-0.15, -0.1) is 0 Å². The smallest absolute Gasteiger partial charge is 0.139 e. The Morgan fingerprint density at radius 2 is 2.27 bits per heavy atom. The van der Waals surface area contributed by atoms with Crippen LogP contribution >= 0.6 is 23.2 Å². The van der Waals surface area contributed by atoms with Crippen molar-refractivity contribution in [3.05, 3.63) is 28.2 Å². The maximum Gasteiger partial charge on any atom is 0.139 e. The van der Waals surface area contributed by atoms with Gasteiger partial charge in [0.1, 0.15) is 17.4 Å². The van der Waals surface area contributed by atoms with Crippen LogP contribution in [-0.4, -0.2) is 19.2 Å². The largest absolute Gasteiger partial charge is 0.490 e. The Balaban J connectivity index is 1.95. The summed E-state index contributed by atoms with van der Waals surface area (Å²) >= 11 is 11.9. The van der Waals surface area contributed by atoms with Crippen LogP contribution in [0.3, 0.4) is 0 Å². The highest BCUT2D eigenvalue weighted by atomic mass is 35.5. The molecule has 2 rings (SSSR count). The highest BCUT2D eigenvalue weighted by Gasteiger charge is 2.15. The fraction of sp³-hybridized carbons (Fsp3) is 0.455. The van der Waals surface area contributed by atoms with Gasteiger partial charge in [0, 0.05) is 6.04 Å². The van der Waals surface area contributed by atoms with Crippen molar-refractivity contribution in [1.29, 1.82) is 0 Å². The predicted octanol–water partition coefficient (Wildman–Crippen LogP) is 3.12. The molecule has 1 aliphatic heterocycles. The van der Waals surface area contributed by atoms with E-state index in [1.165, 1.54) is 6.42 Å². The van der Waals surface area contributed by atoms with E-state index < -0.39 is 0 Å². The van der Waals surface area contributed by atoms with Crippen molar-refractivity contribution < 1.29 is 4.74 Å². The van der Waals surface area contributed by atoms with Crippen molar-refractivity contribution in [1.82, 2.24) is 5.32 Å². The van der Waals surface area contributed by atoms with Crippen LogP contribution in [0, 0.1) is 0 Å². The lowest BCUT2D eigenvalue weighted by Gasteiger charge is -2.13. The summed E-state index contributed by atoms with van der Waals surface area (Å²) in [4.78, 5) is 0. The zero-order chi connectivity index (χ0) is 10.7. The Bertz CT molecular complexity index is 337. The van der Waals surface area contributed by atoms with Crippen LogP contribution in [0.25, 0.3) is 0 Å². The molecular formula is C11H13Cl2NO. The molecule has 15 heavy (non-hydrogen) atoms. The molecule has 1 unspecified atom stereocenters. The SMILES string of the molecule is Clc1cccc(OCC2CCCN2)c1Cl. The maximum absolute atomic E-state index is 6.00. The third kappa shape index (κ3) is 2.77. The summed E-state index contributed by atoms with van der Waals surface area (Å²) in [5.41, 5.74) is 0. The van der Waals surface area contributed by atoms with Gasteiger partial charge in [-0.1, -0.05) is 29.3 Å². The molecule has 1 heterocycles. The molecule has 0 radical (unpaired) electrons. The molecule has 4 heteroatoms. The zero-order valence-electron chi connectivity index (χ0n) is 8.30. The minimum absolute atomic E-state index is 0.444. The predicted molar refractivity (Wildman–Crippen MR) is 63.0 cm³/mol. The van der Waals surface area contributed by atoms with Crippen LogP contribution < -0.4 is 10.1 Å². The van der Waals surface area contributed by atoms with Gasteiger partial charge in [0.05, 0.1) is 5.02 Å². The van der Waals surface area contributed by atoms with Crippen LogP contribution in [0.2, 0.25) is 10.0 Å². The lowest BCUT2D eigenvalue weighted by atomic mass is 10.2. The van der Waals surface area contributed by atoms with Crippen molar-refractivity contribution in [2.45, 2.75) is 18.9 Å². The van der Waals surface area contributed by atoms with E-state index in [-0.39, 0.29) is 0 Å². The van der Waals surface area contributed by atoms with Gasteiger partial charge in [-0.3, -0.25) is 0 Å².